The van der Waals surface area contributed by atoms with Crippen LogP contribution in [0, 0.1) is 0 Å². The Morgan fingerprint density at radius 1 is 0.923 bits per heavy atom. The summed E-state index contributed by atoms with van der Waals surface area (Å²) in [7, 11) is 0. The molecule has 0 aliphatic heterocycles. The maximum absolute atomic E-state index is 12.1. The number of hydrogen-bond acceptors (Lipinski definition) is 5. The SMILES string of the molecule is CCCCCCCCCCC(=O)ON([C@@H](CC(=O)O)C(=O)O)C(C)(C)C. The average molecular weight is 373 g/mol. The molecule has 0 amide bonds. The zero-order valence-corrected chi connectivity index (χ0v) is 16.6. The fourth-order valence-corrected chi connectivity index (χ4v) is 2.66. The van der Waals surface area contributed by atoms with Gasteiger partial charge in [0.1, 0.15) is 0 Å². The molecule has 0 spiro atoms. The highest BCUT2D eigenvalue weighted by Gasteiger charge is 2.38. The molecular formula is C19H35NO6. The molecule has 1 atom stereocenters. The molecule has 7 nitrogen and oxygen atoms in total. The van der Waals surface area contributed by atoms with Crippen LogP contribution < -0.4 is 0 Å². The van der Waals surface area contributed by atoms with Gasteiger partial charge in [0.25, 0.3) is 0 Å². The van der Waals surface area contributed by atoms with Crippen molar-refractivity contribution in [1.29, 1.82) is 0 Å². The number of carboxylic acids is 2. The smallest absolute Gasteiger partial charge is 0.325 e. The van der Waals surface area contributed by atoms with Gasteiger partial charge < -0.3 is 15.1 Å². The fraction of sp³-hybridized carbons (Fsp3) is 0.842. The van der Waals surface area contributed by atoms with E-state index in [1.807, 2.05) is 0 Å². The normalized spacial score (nSPS) is 12.8. The highest BCUT2D eigenvalue weighted by Crippen LogP contribution is 2.21. The van der Waals surface area contributed by atoms with Gasteiger partial charge in [-0.2, -0.15) is 0 Å². The minimum atomic E-state index is -1.42. The van der Waals surface area contributed by atoms with Crippen LogP contribution in [0.1, 0.15) is 91.9 Å². The van der Waals surface area contributed by atoms with E-state index in [1.54, 1.807) is 20.8 Å². The van der Waals surface area contributed by atoms with Crippen LogP contribution in [0.15, 0.2) is 0 Å². The number of unbranched alkanes of at least 4 members (excludes halogenated alkanes) is 7. The van der Waals surface area contributed by atoms with E-state index in [0.29, 0.717) is 6.42 Å². The Balaban J connectivity index is 4.44. The van der Waals surface area contributed by atoms with Crippen molar-refractivity contribution in [3.8, 4) is 0 Å². The summed E-state index contributed by atoms with van der Waals surface area (Å²) in [4.78, 5) is 39.7. The van der Waals surface area contributed by atoms with E-state index in [9.17, 15) is 19.5 Å². The Kier molecular flexibility index (Phi) is 11.9. The molecule has 0 saturated heterocycles. The second-order valence-corrected chi connectivity index (χ2v) is 7.64. The Bertz CT molecular complexity index is 444. The summed E-state index contributed by atoms with van der Waals surface area (Å²) >= 11 is 0. The number of aliphatic carboxylic acids is 2. The van der Waals surface area contributed by atoms with Gasteiger partial charge in [0.2, 0.25) is 0 Å². The summed E-state index contributed by atoms with van der Waals surface area (Å²) < 4.78 is 0. The van der Waals surface area contributed by atoms with Crippen LogP contribution >= 0.6 is 0 Å². The van der Waals surface area contributed by atoms with E-state index >= 15 is 0 Å². The van der Waals surface area contributed by atoms with Gasteiger partial charge in [-0.1, -0.05) is 51.9 Å². The molecule has 0 radical (unpaired) electrons. The van der Waals surface area contributed by atoms with Crippen molar-refractivity contribution in [2.75, 3.05) is 0 Å². The summed E-state index contributed by atoms with van der Waals surface area (Å²) in [5, 5.41) is 19.2. The minimum absolute atomic E-state index is 0.195. The lowest BCUT2D eigenvalue weighted by Crippen LogP contribution is -2.53. The predicted molar refractivity (Wildman–Crippen MR) is 98.6 cm³/mol. The van der Waals surface area contributed by atoms with Gasteiger partial charge in [0.05, 0.1) is 6.42 Å². The third-order valence-electron chi connectivity index (χ3n) is 4.03. The molecule has 0 rings (SSSR count). The predicted octanol–water partition coefficient (Wildman–Crippen LogP) is 4.00. The molecule has 0 fully saturated rings. The molecule has 0 heterocycles. The number of nitrogens with zero attached hydrogens (tertiary/aromatic N) is 1. The number of carboxylic acid groups (broad SMARTS) is 2. The van der Waals surface area contributed by atoms with Gasteiger partial charge in [-0.3, -0.25) is 14.4 Å². The molecule has 0 aromatic heterocycles. The number of hydrogen-bond donors (Lipinski definition) is 2. The van der Waals surface area contributed by atoms with Crippen molar-refractivity contribution in [2.24, 2.45) is 0 Å². The van der Waals surface area contributed by atoms with E-state index in [0.717, 1.165) is 24.3 Å². The molecule has 0 saturated carbocycles. The van der Waals surface area contributed by atoms with Crippen LogP contribution in [0.5, 0.6) is 0 Å². The lowest BCUT2D eigenvalue weighted by molar-refractivity contribution is -0.234. The van der Waals surface area contributed by atoms with E-state index in [4.69, 9.17) is 9.94 Å². The zero-order valence-electron chi connectivity index (χ0n) is 16.6. The van der Waals surface area contributed by atoms with Crippen LogP contribution in [0.3, 0.4) is 0 Å². The third-order valence-corrected chi connectivity index (χ3v) is 4.03. The fourth-order valence-electron chi connectivity index (χ4n) is 2.66. The lowest BCUT2D eigenvalue weighted by Gasteiger charge is -2.36. The first-order valence-electron chi connectivity index (χ1n) is 9.54. The van der Waals surface area contributed by atoms with Gasteiger partial charge in [-0.15, -0.1) is 5.06 Å². The second-order valence-electron chi connectivity index (χ2n) is 7.64. The van der Waals surface area contributed by atoms with Crippen molar-refractivity contribution in [1.82, 2.24) is 5.06 Å². The molecule has 0 aromatic carbocycles. The van der Waals surface area contributed by atoms with Crippen molar-refractivity contribution in [3.05, 3.63) is 0 Å². The van der Waals surface area contributed by atoms with E-state index in [1.165, 1.54) is 25.7 Å². The van der Waals surface area contributed by atoms with Crippen molar-refractivity contribution in [3.63, 3.8) is 0 Å². The van der Waals surface area contributed by atoms with Crippen molar-refractivity contribution in [2.45, 2.75) is 103 Å². The molecule has 0 unspecified atom stereocenters. The van der Waals surface area contributed by atoms with Crippen LogP contribution in [0.4, 0.5) is 0 Å². The van der Waals surface area contributed by atoms with Crippen molar-refractivity contribution >= 4 is 17.9 Å². The summed E-state index contributed by atoms with van der Waals surface area (Å²) in [6, 6.07) is -1.42. The van der Waals surface area contributed by atoms with Crippen LogP contribution in [-0.2, 0) is 19.2 Å². The van der Waals surface area contributed by atoms with Gasteiger partial charge in [0, 0.05) is 12.0 Å². The van der Waals surface area contributed by atoms with E-state index in [-0.39, 0.29) is 6.42 Å². The minimum Gasteiger partial charge on any atom is -0.481 e. The second kappa shape index (κ2) is 12.7. The van der Waals surface area contributed by atoms with Crippen LogP contribution in [0.2, 0.25) is 0 Å². The number of carbonyl (C=O) groups excluding carboxylic acids is 1. The van der Waals surface area contributed by atoms with Crippen LogP contribution in [0.25, 0.3) is 0 Å². The molecule has 0 aliphatic carbocycles. The van der Waals surface area contributed by atoms with Crippen molar-refractivity contribution < 1.29 is 29.4 Å². The first-order chi connectivity index (χ1) is 12.1. The number of rotatable bonds is 14. The summed E-state index contributed by atoms with van der Waals surface area (Å²) in [5.41, 5.74) is -0.826. The monoisotopic (exact) mass is 373 g/mol. The molecule has 7 heteroatoms. The highest BCUT2D eigenvalue weighted by molar-refractivity contribution is 5.80. The van der Waals surface area contributed by atoms with Crippen LogP contribution in [-0.4, -0.2) is 44.8 Å². The van der Waals surface area contributed by atoms with E-state index < -0.39 is 35.9 Å². The summed E-state index contributed by atoms with van der Waals surface area (Å²) in [5.74, 6) is -3.12. The first-order valence-corrected chi connectivity index (χ1v) is 9.54. The largest absolute Gasteiger partial charge is 0.481 e. The lowest BCUT2D eigenvalue weighted by atomic mass is 10.0. The summed E-state index contributed by atoms with van der Waals surface area (Å²) in [6.45, 7) is 7.20. The molecule has 152 valence electrons. The van der Waals surface area contributed by atoms with Gasteiger partial charge in [-0.25, -0.2) is 0 Å². The van der Waals surface area contributed by atoms with E-state index in [2.05, 4.69) is 6.92 Å². The Morgan fingerprint density at radius 3 is 1.85 bits per heavy atom. The third kappa shape index (κ3) is 11.1. The molecule has 0 bridgehead atoms. The molecule has 0 aromatic rings. The van der Waals surface area contributed by atoms with Gasteiger partial charge in [-0.05, 0) is 27.2 Å². The van der Waals surface area contributed by atoms with Gasteiger partial charge >= 0.3 is 17.9 Å². The highest BCUT2D eigenvalue weighted by atomic mass is 16.7. The molecule has 2 N–H and O–H groups in total. The quantitative estimate of drug-likeness (QED) is 0.350. The maximum Gasteiger partial charge on any atom is 0.325 e. The summed E-state index contributed by atoms with van der Waals surface area (Å²) in [6.07, 6.45) is 8.32. The molecule has 0 aliphatic rings. The Hall–Kier alpha value is -1.63. The Labute approximate surface area is 156 Å². The molecule has 26 heavy (non-hydrogen) atoms. The van der Waals surface area contributed by atoms with Gasteiger partial charge in [0.15, 0.2) is 6.04 Å². The average Bonchev–Trinajstić information content (AvgIpc) is 2.51. The topological polar surface area (TPSA) is 104 Å². The Morgan fingerprint density at radius 2 is 1.42 bits per heavy atom. The molecular weight excluding hydrogens is 338 g/mol. The number of carbonyl (C=O) groups is 3. The standard InChI is InChI=1S/C19H35NO6/c1-5-6-7-8-9-10-11-12-13-17(23)26-20(19(2,3)4)15(18(24)25)14-16(21)22/h15H,5-14H2,1-4H3,(H,21,22)(H,24,25)/t15-/m0/s1. The first kappa shape index (κ1) is 24.4. The zero-order chi connectivity index (χ0) is 20.2. The maximum atomic E-state index is 12.1. The number of hydroxylamine groups is 2.